The van der Waals surface area contributed by atoms with Gasteiger partial charge in [0.2, 0.25) is 0 Å². The maximum Gasteiger partial charge on any atom is 0.128 e. The van der Waals surface area contributed by atoms with Gasteiger partial charge in [0.05, 0.1) is 5.02 Å². The van der Waals surface area contributed by atoms with Crippen LogP contribution in [-0.2, 0) is 0 Å². The lowest BCUT2D eigenvalue weighted by Crippen LogP contribution is -2.29. The number of hydrogen-bond acceptors (Lipinski definition) is 0. The Morgan fingerprint density at radius 1 is 1.10 bits per heavy atom. The first kappa shape index (κ1) is 16.3. The minimum absolute atomic E-state index is 0.0750. The van der Waals surface area contributed by atoms with Gasteiger partial charge < -0.3 is 0 Å². The van der Waals surface area contributed by atoms with Crippen molar-refractivity contribution >= 4 is 43.5 Å². The van der Waals surface area contributed by atoms with Gasteiger partial charge in [0, 0.05) is 14.9 Å². The summed E-state index contributed by atoms with van der Waals surface area (Å²) in [6.07, 6.45) is 9.29. The van der Waals surface area contributed by atoms with E-state index in [9.17, 15) is 4.39 Å². The number of alkyl halides is 1. The van der Waals surface area contributed by atoms with E-state index >= 15 is 0 Å². The molecular weight excluding hydrogens is 418 g/mol. The summed E-state index contributed by atoms with van der Waals surface area (Å²) >= 11 is 13.2. The Bertz CT molecular complexity index is 520. The second-order valence-corrected chi connectivity index (χ2v) is 8.82. The van der Waals surface area contributed by atoms with Crippen LogP contribution in [0.4, 0.5) is 4.39 Å². The highest BCUT2D eigenvalue weighted by atomic mass is 79.9. The molecule has 1 aromatic carbocycles. The Morgan fingerprint density at radius 2 is 1.81 bits per heavy atom. The Hall–Kier alpha value is 0.400. The summed E-state index contributed by atoms with van der Waals surface area (Å²) in [5.41, 5.74) is 0.711. The number of hydrogen-bond donors (Lipinski definition) is 0. The van der Waals surface area contributed by atoms with E-state index in [1.165, 1.54) is 51.0 Å². The van der Waals surface area contributed by atoms with Crippen LogP contribution in [0.5, 0.6) is 0 Å². The normalized spacial score (nSPS) is 30.8. The van der Waals surface area contributed by atoms with Gasteiger partial charge in [-0.05, 0) is 65.1 Å². The molecule has 4 heteroatoms. The Morgan fingerprint density at radius 3 is 2.57 bits per heavy atom. The maximum atomic E-state index is 14.3. The van der Waals surface area contributed by atoms with Gasteiger partial charge in [0.25, 0.3) is 0 Å². The van der Waals surface area contributed by atoms with Gasteiger partial charge in [0.15, 0.2) is 0 Å². The third kappa shape index (κ3) is 3.50. The van der Waals surface area contributed by atoms with E-state index < -0.39 is 0 Å². The van der Waals surface area contributed by atoms with Crippen molar-refractivity contribution in [1.29, 1.82) is 0 Å². The quantitative estimate of drug-likeness (QED) is 0.336. The monoisotopic (exact) mass is 436 g/mol. The molecule has 2 aliphatic rings. The van der Waals surface area contributed by atoms with Crippen LogP contribution in [0.3, 0.4) is 0 Å². The van der Waals surface area contributed by atoms with E-state index in [-0.39, 0.29) is 10.6 Å². The fraction of sp³-hybridized carbons (Fsp3) is 0.647. The summed E-state index contributed by atoms with van der Waals surface area (Å²) in [4.78, 5) is 0.0750. The van der Waals surface area contributed by atoms with Crippen molar-refractivity contribution in [1.82, 2.24) is 0 Å². The number of fused-ring (bicyclic) bond motifs is 1. The van der Waals surface area contributed by atoms with Crippen molar-refractivity contribution in [3.63, 3.8) is 0 Å². The third-order valence-electron chi connectivity index (χ3n) is 5.33. The molecule has 0 spiro atoms. The lowest BCUT2D eigenvalue weighted by Gasteiger charge is -2.41. The summed E-state index contributed by atoms with van der Waals surface area (Å²) < 4.78 is 14.9. The van der Waals surface area contributed by atoms with E-state index in [0.29, 0.717) is 21.0 Å². The molecule has 0 aromatic heterocycles. The highest BCUT2D eigenvalue weighted by Gasteiger charge is 2.35. The molecule has 0 aliphatic heterocycles. The largest absolute Gasteiger partial charge is 0.207 e. The molecule has 0 amide bonds. The first-order valence-corrected chi connectivity index (χ1v) is 9.93. The average Bonchev–Trinajstić information content (AvgIpc) is 2.50. The first-order chi connectivity index (χ1) is 10.1. The van der Waals surface area contributed by atoms with Gasteiger partial charge in [-0.2, -0.15) is 0 Å². The van der Waals surface area contributed by atoms with Crippen LogP contribution < -0.4 is 0 Å². The van der Waals surface area contributed by atoms with Crippen LogP contribution in [0, 0.1) is 23.6 Å². The molecule has 0 heterocycles. The molecule has 1 aromatic rings. The standard InChI is InChI=1S/C17H20Br2ClF/c18-14-9-16(21)13(8-15(14)20)17(19)12-6-5-10-3-1-2-4-11(10)7-12/h8-12,17H,1-7H2. The molecule has 4 unspecified atom stereocenters. The minimum atomic E-state index is -0.168. The summed E-state index contributed by atoms with van der Waals surface area (Å²) in [6, 6.07) is 3.26. The Labute approximate surface area is 148 Å². The van der Waals surface area contributed by atoms with Gasteiger partial charge in [-0.1, -0.05) is 53.2 Å². The van der Waals surface area contributed by atoms with Crippen LogP contribution in [-0.4, -0.2) is 0 Å². The molecule has 0 bridgehead atoms. The van der Waals surface area contributed by atoms with Crippen LogP contribution in [0.15, 0.2) is 16.6 Å². The molecule has 2 saturated carbocycles. The summed E-state index contributed by atoms with van der Waals surface area (Å²) in [6.45, 7) is 0. The van der Waals surface area contributed by atoms with Gasteiger partial charge in [-0.15, -0.1) is 0 Å². The second-order valence-electron chi connectivity index (χ2n) is 6.57. The fourth-order valence-corrected chi connectivity index (χ4v) is 5.50. The van der Waals surface area contributed by atoms with Crippen LogP contribution in [0.25, 0.3) is 0 Å². The molecule has 4 atom stereocenters. The number of rotatable bonds is 2. The average molecular weight is 439 g/mol. The van der Waals surface area contributed by atoms with Crippen molar-refractivity contribution in [2.45, 2.75) is 49.8 Å². The van der Waals surface area contributed by atoms with Crippen molar-refractivity contribution in [3.05, 3.63) is 33.0 Å². The van der Waals surface area contributed by atoms with Crippen molar-refractivity contribution in [2.75, 3.05) is 0 Å². The predicted octanol–water partition coefficient (Wildman–Crippen LogP) is 7.28. The van der Waals surface area contributed by atoms with Crippen LogP contribution in [0.2, 0.25) is 5.02 Å². The molecular formula is C17H20Br2ClF. The minimum Gasteiger partial charge on any atom is -0.207 e. The van der Waals surface area contributed by atoms with Gasteiger partial charge in [-0.25, -0.2) is 4.39 Å². The summed E-state index contributed by atoms with van der Waals surface area (Å²) in [7, 11) is 0. The van der Waals surface area contributed by atoms with Crippen LogP contribution >= 0.6 is 43.5 Å². The van der Waals surface area contributed by atoms with Crippen molar-refractivity contribution < 1.29 is 4.39 Å². The highest BCUT2D eigenvalue weighted by Crippen LogP contribution is 2.49. The lowest BCUT2D eigenvalue weighted by atomic mass is 9.66. The topological polar surface area (TPSA) is 0 Å². The van der Waals surface area contributed by atoms with Crippen LogP contribution in [0.1, 0.15) is 55.3 Å². The zero-order valence-electron chi connectivity index (χ0n) is 11.9. The molecule has 116 valence electrons. The van der Waals surface area contributed by atoms with Gasteiger partial charge >= 0.3 is 0 Å². The summed E-state index contributed by atoms with van der Waals surface area (Å²) in [5.74, 6) is 2.13. The second kappa shape index (κ2) is 6.88. The SMILES string of the molecule is Fc1cc(Br)c(Cl)cc1C(Br)C1CCC2CCCCC2C1. The van der Waals surface area contributed by atoms with Crippen molar-refractivity contribution in [3.8, 4) is 0 Å². The Balaban J connectivity index is 1.76. The number of halogens is 4. The molecule has 2 fully saturated rings. The maximum absolute atomic E-state index is 14.3. The molecule has 0 nitrogen and oxygen atoms in total. The summed E-state index contributed by atoms with van der Waals surface area (Å²) in [5, 5.41) is 0.585. The van der Waals surface area contributed by atoms with Gasteiger partial charge in [0.1, 0.15) is 5.82 Å². The lowest BCUT2D eigenvalue weighted by molar-refractivity contribution is 0.129. The first-order valence-electron chi connectivity index (χ1n) is 7.84. The molecule has 3 rings (SSSR count). The third-order valence-corrected chi connectivity index (χ3v) is 7.77. The molecule has 0 saturated heterocycles. The van der Waals surface area contributed by atoms with Crippen molar-refractivity contribution in [2.24, 2.45) is 17.8 Å². The highest BCUT2D eigenvalue weighted by molar-refractivity contribution is 9.10. The van der Waals surface area contributed by atoms with E-state index in [1.807, 2.05) is 0 Å². The smallest absolute Gasteiger partial charge is 0.128 e. The predicted molar refractivity (Wildman–Crippen MR) is 93.6 cm³/mol. The molecule has 2 aliphatic carbocycles. The van der Waals surface area contributed by atoms with E-state index in [2.05, 4.69) is 31.9 Å². The zero-order valence-corrected chi connectivity index (χ0v) is 15.9. The molecule has 21 heavy (non-hydrogen) atoms. The van der Waals surface area contributed by atoms with E-state index in [1.54, 1.807) is 6.07 Å². The van der Waals surface area contributed by atoms with E-state index in [4.69, 9.17) is 11.6 Å². The number of benzene rings is 1. The molecule has 0 N–H and O–H groups in total. The fourth-order valence-electron chi connectivity index (χ4n) is 4.18. The Kier molecular flexibility index (Phi) is 5.33. The zero-order chi connectivity index (χ0) is 15.0. The van der Waals surface area contributed by atoms with Gasteiger partial charge in [-0.3, -0.25) is 0 Å². The van der Waals surface area contributed by atoms with E-state index in [0.717, 1.165) is 11.8 Å². The molecule has 0 radical (unpaired) electrons.